The minimum atomic E-state index is -1.05. The van der Waals surface area contributed by atoms with E-state index in [1.165, 1.54) is 0 Å². The Bertz CT molecular complexity index is 404. The lowest BCUT2D eigenvalue weighted by atomic mass is 10.0. The lowest BCUT2D eigenvalue weighted by Crippen LogP contribution is -2.46. The zero-order valence-electron chi connectivity index (χ0n) is 12.5. The molecule has 1 aliphatic rings. The second kappa shape index (κ2) is 6.24. The maximum atomic E-state index is 11.7. The van der Waals surface area contributed by atoms with Gasteiger partial charge in [-0.15, -0.1) is 0 Å². The van der Waals surface area contributed by atoms with E-state index in [-0.39, 0.29) is 29.7 Å². The second-order valence-corrected chi connectivity index (χ2v) is 6.55. The molecule has 0 heterocycles. The number of rotatable bonds is 7. The molecule has 0 aliphatic heterocycles. The Morgan fingerprint density at radius 1 is 1.30 bits per heavy atom. The van der Waals surface area contributed by atoms with Crippen molar-refractivity contribution in [1.29, 1.82) is 0 Å². The molecule has 1 fully saturated rings. The quantitative estimate of drug-likeness (QED) is 0.643. The van der Waals surface area contributed by atoms with Crippen LogP contribution in [-0.2, 0) is 14.4 Å². The number of aliphatic carboxylic acids is 1. The second-order valence-electron chi connectivity index (χ2n) is 6.55. The topological polar surface area (TPSA) is 95.5 Å². The molecule has 20 heavy (non-hydrogen) atoms. The standard InChI is InChI=1S/C14H24N2O4/c1-8(2)5-10(13(19)20)16-11(17)7-15-12(18)9-6-14(9,3)4/h8-10H,5-7H2,1-4H3,(H,15,18)(H,16,17)(H,19,20)/t9?,10-/m0/s1. The van der Waals surface area contributed by atoms with E-state index in [1.54, 1.807) is 0 Å². The minimum absolute atomic E-state index is 0.0157. The van der Waals surface area contributed by atoms with E-state index in [4.69, 9.17) is 5.11 Å². The summed E-state index contributed by atoms with van der Waals surface area (Å²) in [5.41, 5.74) is 0.0157. The number of carbonyl (C=O) groups is 3. The largest absolute Gasteiger partial charge is 0.480 e. The van der Waals surface area contributed by atoms with Crippen molar-refractivity contribution < 1.29 is 19.5 Å². The Balaban J connectivity index is 2.35. The molecule has 1 unspecified atom stereocenters. The molecule has 0 bridgehead atoms. The van der Waals surface area contributed by atoms with Crippen LogP contribution in [0.4, 0.5) is 0 Å². The summed E-state index contributed by atoms with van der Waals surface area (Å²) in [7, 11) is 0. The van der Waals surface area contributed by atoms with Gasteiger partial charge in [0.2, 0.25) is 11.8 Å². The fourth-order valence-electron chi connectivity index (χ4n) is 2.14. The molecule has 114 valence electrons. The lowest BCUT2D eigenvalue weighted by Gasteiger charge is -2.16. The first kappa shape index (κ1) is 16.5. The highest BCUT2D eigenvalue weighted by atomic mass is 16.4. The molecule has 0 aromatic carbocycles. The van der Waals surface area contributed by atoms with Crippen LogP contribution in [0.1, 0.15) is 40.5 Å². The van der Waals surface area contributed by atoms with Crippen LogP contribution >= 0.6 is 0 Å². The zero-order chi connectivity index (χ0) is 15.5. The Labute approximate surface area is 119 Å². The molecular weight excluding hydrogens is 260 g/mol. The average Bonchev–Trinajstić information content (AvgIpc) is 2.94. The molecule has 6 nitrogen and oxygen atoms in total. The summed E-state index contributed by atoms with van der Waals surface area (Å²) in [5, 5.41) is 14.0. The normalized spacial score (nSPS) is 21.1. The van der Waals surface area contributed by atoms with Crippen molar-refractivity contribution in [2.75, 3.05) is 6.54 Å². The molecule has 0 aromatic rings. The molecule has 0 aromatic heterocycles. The highest BCUT2D eigenvalue weighted by molar-refractivity contribution is 5.89. The Hall–Kier alpha value is -1.59. The van der Waals surface area contributed by atoms with Gasteiger partial charge in [-0.3, -0.25) is 9.59 Å². The van der Waals surface area contributed by atoms with Crippen molar-refractivity contribution >= 4 is 17.8 Å². The molecule has 2 atom stereocenters. The van der Waals surface area contributed by atoms with Crippen molar-refractivity contribution in [1.82, 2.24) is 10.6 Å². The van der Waals surface area contributed by atoms with Crippen molar-refractivity contribution in [3.8, 4) is 0 Å². The first-order valence-corrected chi connectivity index (χ1v) is 6.93. The van der Waals surface area contributed by atoms with E-state index in [9.17, 15) is 14.4 Å². The van der Waals surface area contributed by atoms with Crippen LogP contribution < -0.4 is 10.6 Å². The van der Waals surface area contributed by atoms with E-state index < -0.39 is 17.9 Å². The van der Waals surface area contributed by atoms with Crippen LogP contribution in [0, 0.1) is 17.3 Å². The summed E-state index contributed by atoms with van der Waals surface area (Å²) in [6.45, 7) is 7.60. The molecule has 6 heteroatoms. The van der Waals surface area contributed by atoms with E-state index in [0.717, 1.165) is 6.42 Å². The molecule has 2 amide bonds. The van der Waals surface area contributed by atoms with Gasteiger partial charge in [-0.25, -0.2) is 4.79 Å². The highest BCUT2D eigenvalue weighted by Crippen LogP contribution is 2.51. The minimum Gasteiger partial charge on any atom is -0.480 e. The summed E-state index contributed by atoms with van der Waals surface area (Å²) < 4.78 is 0. The number of hydrogen-bond donors (Lipinski definition) is 3. The van der Waals surface area contributed by atoms with Crippen LogP contribution in [0.15, 0.2) is 0 Å². The Morgan fingerprint density at radius 3 is 2.25 bits per heavy atom. The van der Waals surface area contributed by atoms with E-state index in [1.807, 2.05) is 27.7 Å². The van der Waals surface area contributed by atoms with Crippen molar-refractivity contribution in [2.45, 2.75) is 46.6 Å². The number of hydrogen-bond acceptors (Lipinski definition) is 3. The monoisotopic (exact) mass is 284 g/mol. The van der Waals surface area contributed by atoms with Gasteiger partial charge in [0.1, 0.15) is 6.04 Å². The van der Waals surface area contributed by atoms with Gasteiger partial charge in [0.05, 0.1) is 6.54 Å². The van der Waals surface area contributed by atoms with Gasteiger partial charge in [0.15, 0.2) is 0 Å². The third-order valence-electron chi connectivity index (χ3n) is 3.59. The number of carboxylic acid groups (broad SMARTS) is 1. The van der Waals surface area contributed by atoms with Gasteiger partial charge >= 0.3 is 5.97 Å². The molecule has 1 aliphatic carbocycles. The number of carbonyl (C=O) groups excluding carboxylic acids is 2. The van der Waals surface area contributed by atoms with Crippen molar-refractivity contribution in [2.24, 2.45) is 17.3 Å². The van der Waals surface area contributed by atoms with Gasteiger partial charge in [-0.2, -0.15) is 0 Å². The molecular formula is C14H24N2O4. The van der Waals surface area contributed by atoms with Gasteiger partial charge in [-0.1, -0.05) is 27.7 Å². The lowest BCUT2D eigenvalue weighted by molar-refractivity contribution is -0.142. The molecule has 0 radical (unpaired) electrons. The molecule has 0 saturated heterocycles. The van der Waals surface area contributed by atoms with Crippen LogP contribution in [0.2, 0.25) is 0 Å². The maximum absolute atomic E-state index is 11.7. The predicted molar refractivity (Wildman–Crippen MR) is 73.9 cm³/mol. The predicted octanol–water partition coefficient (Wildman–Crippen LogP) is 0.764. The van der Waals surface area contributed by atoms with Crippen molar-refractivity contribution in [3.63, 3.8) is 0 Å². The van der Waals surface area contributed by atoms with E-state index in [0.29, 0.717) is 6.42 Å². The summed E-state index contributed by atoms with van der Waals surface area (Å²) >= 11 is 0. The van der Waals surface area contributed by atoms with Crippen LogP contribution in [0.3, 0.4) is 0 Å². The SMILES string of the molecule is CC(C)C[C@H](NC(=O)CNC(=O)C1CC1(C)C)C(=O)O. The molecule has 3 N–H and O–H groups in total. The maximum Gasteiger partial charge on any atom is 0.326 e. The summed E-state index contributed by atoms with van der Waals surface area (Å²) in [6, 6.07) is -0.906. The fourth-order valence-corrected chi connectivity index (χ4v) is 2.14. The fraction of sp³-hybridized carbons (Fsp3) is 0.786. The zero-order valence-corrected chi connectivity index (χ0v) is 12.5. The summed E-state index contributed by atoms with van der Waals surface area (Å²) in [4.78, 5) is 34.4. The summed E-state index contributed by atoms with van der Waals surface area (Å²) in [6.07, 6.45) is 1.19. The Kier molecular flexibility index (Phi) is 5.14. The first-order valence-electron chi connectivity index (χ1n) is 6.93. The number of carboxylic acids is 1. The Morgan fingerprint density at radius 2 is 1.85 bits per heavy atom. The third kappa shape index (κ3) is 4.83. The van der Waals surface area contributed by atoms with Crippen LogP contribution in [-0.4, -0.2) is 35.5 Å². The average molecular weight is 284 g/mol. The smallest absolute Gasteiger partial charge is 0.326 e. The number of amides is 2. The molecule has 0 spiro atoms. The van der Waals surface area contributed by atoms with Gasteiger partial charge < -0.3 is 15.7 Å². The number of nitrogens with one attached hydrogen (secondary N) is 2. The van der Waals surface area contributed by atoms with E-state index >= 15 is 0 Å². The first-order chi connectivity index (χ1) is 9.13. The molecule has 1 rings (SSSR count). The third-order valence-corrected chi connectivity index (χ3v) is 3.59. The van der Waals surface area contributed by atoms with Gasteiger partial charge in [0.25, 0.3) is 0 Å². The molecule has 1 saturated carbocycles. The van der Waals surface area contributed by atoms with Crippen molar-refractivity contribution in [3.05, 3.63) is 0 Å². The highest BCUT2D eigenvalue weighted by Gasteiger charge is 2.50. The van der Waals surface area contributed by atoms with E-state index in [2.05, 4.69) is 10.6 Å². The van der Waals surface area contributed by atoms with Crippen LogP contribution in [0.25, 0.3) is 0 Å². The summed E-state index contributed by atoms with van der Waals surface area (Å²) in [5.74, 6) is -1.54. The van der Waals surface area contributed by atoms with Crippen LogP contribution in [0.5, 0.6) is 0 Å². The van der Waals surface area contributed by atoms with Gasteiger partial charge in [0, 0.05) is 5.92 Å². The van der Waals surface area contributed by atoms with Gasteiger partial charge in [-0.05, 0) is 24.2 Å².